The Balaban J connectivity index is 1.32. The highest BCUT2D eigenvalue weighted by Gasteiger charge is 2.24. The molecule has 1 aliphatic rings. The lowest BCUT2D eigenvalue weighted by molar-refractivity contribution is -0.140. The van der Waals surface area contributed by atoms with Crippen LogP contribution in [0.3, 0.4) is 0 Å². The number of hydrogen-bond acceptors (Lipinski definition) is 10. The number of rotatable bonds is 18. The van der Waals surface area contributed by atoms with Crippen LogP contribution >= 0.6 is 34.6 Å². The summed E-state index contributed by atoms with van der Waals surface area (Å²) in [6, 6.07) is 17.6. The number of pyridine rings is 1. The molecule has 3 atom stereocenters. The monoisotopic (exact) mass is 854 g/mol. The summed E-state index contributed by atoms with van der Waals surface area (Å²) in [5, 5.41) is 31.6. The zero-order chi connectivity index (χ0) is 37.9. The van der Waals surface area contributed by atoms with E-state index in [0.717, 1.165) is 66.0 Å². The molecule has 1 fully saturated rings. The standard InChI is InChI=1S/C40H44ClIN4O7/c1-25-30(7-4-8-32(25)33-9-5-10-37(26(33)2)50-14-6-12-46-13-11-31(21-46)53-42)24-52-39-17-38(51-23-29-15-28(18-43)19-44-20-29)34(16-35(39)41)27(3)45-36(22-47)40(48)49/h4-5,7-10,15-17,19-20,27,31,36,45,47H,6,11-14,21-24H2,1-3H3,(H,48,49)/t27?,31-,36+/m1/s1. The third-order valence-electron chi connectivity index (χ3n) is 9.42. The Labute approximate surface area is 329 Å². The number of hydrogen-bond donors (Lipinski definition) is 3. The van der Waals surface area contributed by atoms with Crippen LogP contribution in [0, 0.1) is 25.2 Å². The highest BCUT2D eigenvalue weighted by atomic mass is 127. The Morgan fingerprint density at radius 1 is 1.06 bits per heavy atom. The zero-order valence-corrected chi connectivity index (χ0v) is 32.9. The number of carbonyl (C=O) groups is 1. The molecule has 4 aromatic rings. The van der Waals surface area contributed by atoms with Crippen LogP contribution in [0.4, 0.5) is 0 Å². The zero-order valence-electron chi connectivity index (χ0n) is 30.0. The largest absolute Gasteiger partial charge is 0.493 e. The molecule has 13 heteroatoms. The molecule has 1 aliphatic heterocycles. The van der Waals surface area contributed by atoms with Crippen molar-refractivity contribution in [1.82, 2.24) is 15.2 Å². The number of benzene rings is 3. The van der Waals surface area contributed by atoms with Gasteiger partial charge in [-0.05, 0) is 79.6 Å². The quantitative estimate of drug-likeness (QED) is 0.0682. The fourth-order valence-electron chi connectivity index (χ4n) is 6.40. The summed E-state index contributed by atoms with van der Waals surface area (Å²) in [6.45, 7) is 9.26. The molecule has 11 nitrogen and oxygen atoms in total. The van der Waals surface area contributed by atoms with Gasteiger partial charge in [-0.3, -0.25) is 15.1 Å². The summed E-state index contributed by atoms with van der Waals surface area (Å²) in [5.41, 5.74) is 6.89. The number of aromatic nitrogens is 1. The molecular formula is C40H44ClIN4O7. The van der Waals surface area contributed by atoms with Crippen LogP contribution in [0.25, 0.3) is 11.1 Å². The van der Waals surface area contributed by atoms with Crippen molar-refractivity contribution in [3.8, 4) is 34.4 Å². The number of ether oxygens (including phenoxy) is 3. The third-order valence-corrected chi connectivity index (χ3v) is 10.4. The maximum Gasteiger partial charge on any atom is 0.323 e. The molecule has 3 aromatic carbocycles. The van der Waals surface area contributed by atoms with E-state index in [4.69, 9.17) is 28.9 Å². The lowest BCUT2D eigenvalue weighted by Crippen LogP contribution is -2.41. The van der Waals surface area contributed by atoms with E-state index < -0.39 is 24.7 Å². The number of halogens is 2. The summed E-state index contributed by atoms with van der Waals surface area (Å²) >= 11 is 8.76. The molecule has 0 saturated carbocycles. The Hall–Kier alpha value is -3.97. The minimum Gasteiger partial charge on any atom is -0.493 e. The van der Waals surface area contributed by atoms with Gasteiger partial charge in [0.25, 0.3) is 0 Å². The molecule has 280 valence electrons. The van der Waals surface area contributed by atoms with E-state index in [-0.39, 0.29) is 13.2 Å². The molecule has 0 spiro atoms. The highest BCUT2D eigenvalue weighted by molar-refractivity contribution is 14.1. The van der Waals surface area contributed by atoms with E-state index in [1.807, 2.05) is 47.3 Å². The maximum atomic E-state index is 11.6. The van der Waals surface area contributed by atoms with Crippen LogP contribution in [-0.4, -0.2) is 71.1 Å². The number of nitrogens with zero attached hydrogens (tertiary/aromatic N) is 3. The summed E-state index contributed by atoms with van der Waals surface area (Å²) < 4.78 is 24.2. The fourth-order valence-corrected chi connectivity index (χ4v) is 7.04. The Kier molecular flexibility index (Phi) is 14.7. The van der Waals surface area contributed by atoms with Gasteiger partial charge in [-0.2, -0.15) is 5.26 Å². The van der Waals surface area contributed by atoms with Crippen molar-refractivity contribution in [3.63, 3.8) is 0 Å². The fraction of sp³-hybridized carbons (Fsp3) is 0.375. The Morgan fingerprint density at radius 2 is 1.81 bits per heavy atom. The number of nitriles is 1. The molecule has 0 amide bonds. The first-order valence-electron chi connectivity index (χ1n) is 17.5. The average molecular weight is 855 g/mol. The predicted molar refractivity (Wildman–Crippen MR) is 211 cm³/mol. The smallest absolute Gasteiger partial charge is 0.323 e. The molecule has 5 rings (SSSR count). The van der Waals surface area contributed by atoms with E-state index in [0.29, 0.717) is 45.9 Å². The van der Waals surface area contributed by atoms with Crippen molar-refractivity contribution in [2.75, 3.05) is 32.8 Å². The molecule has 3 N–H and O–H groups in total. The van der Waals surface area contributed by atoms with Crippen molar-refractivity contribution < 1.29 is 32.3 Å². The van der Waals surface area contributed by atoms with Gasteiger partial charge in [-0.15, -0.1) is 0 Å². The van der Waals surface area contributed by atoms with Gasteiger partial charge in [0.1, 0.15) is 65.6 Å². The van der Waals surface area contributed by atoms with Gasteiger partial charge in [-0.1, -0.05) is 41.9 Å². The van der Waals surface area contributed by atoms with Gasteiger partial charge >= 0.3 is 5.97 Å². The lowest BCUT2D eigenvalue weighted by atomic mass is 9.93. The van der Waals surface area contributed by atoms with Crippen LogP contribution in [-0.2, 0) is 21.1 Å². The molecule has 1 aromatic heterocycles. The molecule has 1 saturated heterocycles. The number of aliphatic hydroxyl groups excluding tert-OH is 1. The third kappa shape index (κ3) is 10.6. The van der Waals surface area contributed by atoms with Crippen LogP contribution < -0.4 is 19.5 Å². The second kappa shape index (κ2) is 19.4. The molecule has 53 heavy (non-hydrogen) atoms. The second-order valence-electron chi connectivity index (χ2n) is 13.1. The van der Waals surface area contributed by atoms with Gasteiger partial charge in [-0.25, -0.2) is 0 Å². The number of carboxylic acid groups (broad SMARTS) is 1. The van der Waals surface area contributed by atoms with E-state index in [2.05, 4.69) is 47.3 Å². The molecule has 1 unspecified atom stereocenters. The van der Waals surface area contributed by atoms with Gasteiger partial charge in [0.05, 0.1) is 29.9 Å². The van der Waals surface area contributed by atoms with E-state index >= 15 is 0 Å². The van der Waals surface area contributed by atoms with Crippen LogP contribution in [0.2, 0.25) is 5.02 Å². The first kappa shape index (κ1) is 40.2. The SMILES string of the molecule is Cc1c(COc2cc(OCc3cncc(C#N)c3)c(C(C)N[C@@H](CO)C(=O)O)cc2Cl)cccc1-c1cccc(OCCCN2CC[C@@H](OI)C2)c1C. The van der Waals surface area contributed by atoms with Gasteiger partial charge < -0.3 is 32.4 Å². The first-order valence-corrected chi connectivity index (χ1v) is 18.7. The summed E-state index contributed by atoms with van der Waals surface area (Å²) in [5.74, 6) is 0.450. The number of aliphatic carboxylic acids is 1. The van der Waals surface area contributed by atoms with E-state index in [9.17, 15) is 20.3 Å². The van der Waals surface area contributed by atoms with E-state index in [1.165, 1.54) is 6.20 Å². The summed E-state index contributed by atoms with van der Waals surface area (Å²) in [7, 11) is 0. The molecule has 0 radical (unpaired) electrons. The average Bonchev–Trinajstić information content (AvgIpc) is 3.63. The lowest BCUT2D eigenvalue weighted by Gasteiger charge is -2.23. The normalized spacial score (nSPS) is 15.5. The molecule has 2 heterocycles. The van der Waals surface area contributed by atoms with Gasteiger partial charge in [0.2, 0.25) is 0 Å². The number of aliphatic hydroxyl groups is 1. The molecule has 0 bridgehead atoms. The Bertz CT molecular complexity index is 1920. The number of likely N-dealkylation sites (tertiary alicyclic amines) is 1. The minimum absolute atomic E-state index is 0.0853. The topological polar surface area (TPSA) is 146 Å². The van der Waals surface area contributed by atoms with Crippen LogP contribution in [0.5, 0.6) is 17.2 Å². The molecule has 0 aliphatic carbocycles. The number of nitrogens with one attached hydrogen (secondary N) is 1. The Morgan fingerprint density at radius 3 is 2.53 bits per heavy atom. The van der Waals surface area contributed by atoms with Gasteiger partial charge in [0.15, 0.2) is 0 Å². The summed E-state index contributed by atoms with van der Waals surface area (Å²) in [6.07, 6.45) is 5.40. The van der Waals surface area contributed by atoms with Crippen molar-refractivity contribution in [3.05, 3.63) is 105 Å². The highest BCUT2D eigenvalue weighted by Crippen LogP contribution is 2.38. The van der Waals surface area contributed by atoms with Gasteiger partial charge in [0, 0.05) is 55.3 Å². The van der Waals surface area contributed by atoms with E-state index in [1.54, 1.807) is 31.3 Å². The van der Waals surface area contributed by atoms with Crippen LogP contribution in [0.1, 0.15) is 59.2 Å². The summed E-state index contributed by atoms with van der Waals surface area (Å²) in [4.78, 5) is 18.2. The van der Waals surface area contributed by atoms with Crippen molar-refractivity contribution in [2.45, 2.75) is 65.0 Å². The first-order chi connectivity index (χ1) is 25.6. The number of carboxylic acids is 1. The van der Waals surface area contributed by atoms with Crippen molar-refractivity contribution >= 4 is 40.6 Å². The maximum absolute atomic E-state index is 11.6. The van der Waals surface area contributed by atoms with Crippen LogP contribution in [0.15, 0.2) is 67.0 Å². The van der Waals surface area contributed by atoms with Crippen molar-refractivity contribution in [2.24, 2.45) is 0 Å². The second-order valence-corrected chi connectivity index (χ2v) is 14.0. The minimum atomic E-state index is -1.19. The molecular weight excluding hydrogens is 811 g/mol. The van der Waals surface area contributed by atoms with Crippen molar-refractivity contribution in [1.29, 1.82) is 5.26 Å². The predicted octanol–water partition coefficient (Wildman–Crippen LogP) is 7.35.